The van der Waals surface area contributed by atoms with E-state index < -0.39 is 9.84 Å². The molecule has 3 aliphatic rings. The number of nitrogens with one attached hydrogen (secondary N) is 1. The van der Waals surface area contributed by atoms with Crippen molar-refractivity contribution in [1.82, 2.24) is 5.32 Å². The van der Waals surface area contributed by atoms with Crippen molar-refractivity contribution < 1.29 is 8.42 Å². The molecular weight excluding hydrogens is 258 g/mol. The molecule has 3 fully saturated rings. The SMILES string of the molecule is CS(=O)(=O)C1CCCC(NCC2CC3CCC2C3)C1. The van der Waals surface area contributed by atoms with Crippen LogP contribution in [0.4, 0.5) is 0 Å². The quantitative estimate of drug-likeness (QED) is 0.862. The zero-order valence-corrected chi connectivity index (χ0v) is 12.8. The molecule has 0 aliphatic heterocycles. The fourth-order valence-corrected chi connectivity index (χ4v) is 5.84. The van der Waals surface area contributed by atoms with Crippen molar-refractivity contribution in [2.45, 2.75) is 62.7 Å². The first kappa shape index (κ1) is 13.9. The molecule has 2 bridgehead atoms. The van der Waals surface area contributed by atoms with Gasteiger partial charge >= 0.3 is 0 Å². The van der Waals surface area contributed by atoms with E-state index >= 15 is 0 Å². The van der Waals surface area contributed by atoms with E-state index in [0.29, 0.717) is 6.04 Å². The molecule has 0 aromatic rings. The molecule has 19 heavy (non-hydrogen) atoms. The minimum Gasteiger partial charge on any atom is -0.314 e. The van der Waals surface area contributed by atoms with Crippen LogP contribution in [-0.4, -0.2) is 32.5 Å². The van der Waals surface area contributed by atoms with Crippen molar-refractivity contribution in [3.05, 3.63) is 0 Å². The van der Waals surface area contributed by atoms with Gasteiger partial charge in [0, 0.05) is 12.3 Å². The first-order valence-electron chi connectivity index (χ1n) is 7.94. The smallest absolute Gasteiger partial charge is 0.150 e. The van der Waals surface area contributed by atoms with E-state index in [0.717, 1.165) is 50.0 Å². The average Bonchev–Trinajstić information content (AvgIpc) is 2.98. The Bertz CT molecular complexity index is 420. The van der Waals surface area contributed by atoms with Gasteiger partial charge < -0.3 is 5.32 Å². The van der Waals surface area contributed by atoms with Crippen LogP contribution in [0.5, 0.6) is 0 Å². The highest BCUT2D eigenvalue weighted by Gasteiger charge is 2.39. The third-order valence-corrected chi connectivity index (χ3v) is 7.42. The van der Waals surface area contributed by atoms with Gasteiger partial charge in [-0.15, -0.1) is 0 Å². The molecule has 0 aromatic heterocycles. The van der Waals surface area contributed by atoms with Crippen LogP contribution < -0.4 is 5.32 Å². The second kappa shape index (κ2) is 5.36. The summed E-state index contributed by atoms with van der Waals surface area (Å²) in [5.74, 6) is 2.84. The predicted molar refractivity (Wildman–Crippen MR) is 77.8 cm³/mol. The van der Waals surface area contributed by atoms with Crippen LogP contribution in [0.25, 0.3) is 0 Å². The summed E-state index contributed by atoms with van der Waals surface area (Å²) >= 11 is 0. The summed E-state index contributed by atoms with van der Waals surface area (Å²) in [6.07, 6.45) is 11.1. The van der Waals surface area contributed by atoms with E-state index in [-0.39, 0.29) is 5.25 Å². The maximum atomic E-state index is 11.7. The number of rotatable bonds is 4. The van der Waals surface area contributed by atoms with Crippen LogP contribution >= 0.6 is 0 Å². The molecule has 0 heterocycles. The minimum atomic E-state index is -2.84. The van der Waals surface area contributed by atoms with E-state index in [4.69, 9.17) is 0 Å². The van der Waals surface area contributed by atoms with Crippen LogP contribution in [0.1, 0.15) is 51.4 Å². The second-order valence-corrected chi connectivity index (χ2v) is 9.48. The van der Waals surface area contributed by atoms with E-state index in [1.165, 1.54) is 31.9 Å². The first-order valence-corrected chi connectivity index (χ1v) is 9.90. The fourth-order valence-electron chi connectivity index (χ4n) is 4.66. The number of hydrogen-bond donors (Lipinski definition) is 1. The lowest BCUT2D eigenvalue weighted by Crippen LogP contribution is -2.41. The van der Waals surface area contributed by atoms with E-state index in [1.54, 1.807) is 0 Å². The minimum absolute atomic E-state index is 0.0984. The molecular formula is C15H27NO2S. The van der Waals surface area contributed by atoms with Crippen LogP contribution in [0.15, 0.2) is 0 Å². The lowest BCUT2D eigenvalue weighted by molar-refractivity contribution is 0.285. The summed E-state index contributed by atoms with van der Waals surface area (Å²) in [6, 6.07) is 0.438. The highest BCUT2D eigenvalue weighted by molar-refractivity contribution is 7.91. The largest absolute Gasteiger partial charge is 0.314 e. The molecule has 0 amide bonds. The Labute approximate surface area is 117 Å². The predicted octanol–water partition coefficient (Wildman–Crippen LogP) is 2.37. The van der Waals surface area contributed by atoms with Crippen molar-refractivity contribution in [2.24, 2.45) is 17.8 Å². The molecule has 0 radical (unpaired) electrons. The maximum absolute atomic E-state index is 11.7. The standard InChI is InChI=1S/C15H27NO2S/c1-19(17,18)15-4-2-3-14(9-15)16-10-13-8-11-5-6-12(13)7-11/h11-16H,2-10H2,1H3. The molecule has 3 saturated carbocycles. The third kappa shape index (κ3) is 3.15. The van der Waals surface area contributed by atoms with Crippen molar-refractivity contribution in [2.75, 3.05) is 12.8 Å². The zero-order valence-electron chi connectivity index (χ0n) is 12.0. The fraction of sp³-hybridized carbons (Fsp3) is 1.00. The van der Waals surface area contributed by atoms with Crippen molar-refractivity contribution in [3.8, 4) is 0 Å². The lowest BCUT2D eigenvalue weighted by atomic mass is 9.88. The molecule has 4 heteroatoms. The lowest BCUT2D eigenvalue weighted by Gasteiger charge is -2.31. The molecule has 110 valence electrons. The van der Waals surface area contributed by atoms with Gasteiger partial charge in [-0.2, -0.15) is 0 Å². The zero-order chi connectivity index (χ0) is 13.5. The molecule has 0 spiro atoms. The van der Waals surface area contributed by atoms with Gasteiger partial charge in [0.2, 0.25) is 0 Å². The van der Waals surface area contributed by atoms with Gasteiger partial charge in [-0.25, -0.2) is 8.42 Å². The van der Waals surface area contributed by atoms with Crippen LogP contribution in [0.3, 0.4) is 0 Å². The molecule has 3 nitrogen and oxygen atoms in total. The summed E-state index contributed by atoms with van der Waals surface area (Å²) < 4.78 is 23.3. The highest BCUT2D eigenvalue weighted by atomic mass is 32.2. The van der Waals surface area contributed by atoms with Crippen molar-refractivity contribution in [1.29, 1.82) is 0 Å². The summed E-state index contributed by atoms with van der Waals surface area (Å²) in [5, 5.41) is 3.59. The van der Waals surface area contributed by atoms with Gasteiger partial charge in [-0.1, -0.05) is 12.8 Å². The van der Waals surface area contributed by atoms with Crippen LogP contribution in [0, 0.1) is 17.8 Å². The Morgan fingerprint density at radius 1 is 1.05 bits per heavy atom. The molecule has 5 atom stereocenters. The highest BCUT2D eigenvalue weighted by Crippen LogP contribution is 2.48. The first-order chi connectivity index (χ1) is 9.02. The topological polar surface area (TPSA) is 46.2 Å². The summed E-state index contributed by atoms with van der Waals surface area (Å²) in [6.45, 7) is 1.13. The van der Waals surface area contributed by atoms with Crippen LogP contribution in [-0.2, 0) is 9.84 Å². The summed E-state index contributed by atoms with van der Waals surface area (Å²) in [4.78, 5) is 0. The van der Waals surface area contributed by atoms with Gasteiger partial charge in [0.15, 0.2) is 0 Å². The summed E-state index contributed by atoms with van der Waals surface area (Å²) in [7, 11) is -2.84. The van der Waals surface area contributed by atoms with E-state index in [2.05, 4.69) is 5.32 Å². The Balaban J connectivity index is 1.48. The van der Waals surface area contributed by atoms with Gasteiger partial charge in [0.25, 0.3) is 0 Å². The van der Waals surface area contributed by atoms with E-state index in [1.807, 2.05) is 0 Å². The van der Waals surface area contributed by atoms with E-state index in [9.17, 15) is 8.42 Å². The van der Waals surface area contributed by atoms with Crippen molar-refractivity contribution >= 4 is 9.84 Å². The summed E-state index contributed by atoms with van der Waals surface area (Å²) in [5.41, 5.74) is 0. The van der Waals surface area contributed by atoms with Gasteiger partial charge in [0.05, 0.1) is 5.25 Å². The number of sulfone groups is 1. The normalized spacial score (nSPS) is 42.7. The average molecular weight is 285 g/mol. The van der Waals surface area contributed by atoms with Gasteiger partial charge in [-0.3, -0.25) is 0 Å². The molecule has 3 rings (SSSR count). The van der Waals surface area contributed by atoms with Gasteiger partial charge in [0.1, 0.15) is 9.84 Å². The number of hydrogen-bond acceptors (Lipinski definition) is 3. The van der Waals surface area contributed by atoms with Gasteiger partial charge in [-0.05, 0) is 62.8 Å². The molecule has 0 saturated heterocycles. The monoisotopic (exact) mass is 285 g/mol. The Hall–Kier alpha value is -0.0900. The maximum Gasteiger partial charge on any atom is 0.150 e. The number of fused-ring (bicyclic) bond motifs is 2. The second-order valence-electron chi connectivity index (χ2n) is 7.16. The third-order valence-electron chi connectivity index (χ3n) is 5.78. The van der Waals surface area contributed by atoms with Crippen LogP contribution in [0.2, 0.25) is 0 Å². The molecule has 1 N–H and O–H groups in total. The molecule has 0 aromatic carbocycles. The van der Waals surface area contributed by atoms with Crippen molar-refractivity contribution in [3.63, 3.8) is 0 Å². The molecule has 5 unspecified atom stereocenters. The Kier molecular flexibility index (Phi) is 3.91. The Morgan fingerprint density at radius 3 is 2.53 bits per heavy atom. The molecule has 3 aliphatic carbocycles. The Morgan fingerprint density at radius 2 is 1.89 bits per heavy atom.